The summed E-state index contributed by atoms with van der Waals surface area (Å²) in [5.74, 6) is 2.97. The molecule has 144 valence electrons. The number of rotatable bonds is 6. The molecule has 0 atom stereocenters. The van der Waals surface area contributed by atoms with Crippen molar-refractivity contribution in [1.29, 1.82) is 0 Å². The van der Waals surface area contributed by atoms with E-state index in [1.807, 2.05) is 6.07 Å². The van der Waals surface area contributed by atoms with Gasteiger partial charge in [-0.1, -0.05) is 0 Å². The zero-order chi connectivity index (χ0) is 19.6. The number of halogens is 1. The van der Waals surface area contributed by atoms with Gasteiger partial charge in [0.2, 0.25) is 0 Å². The summed E-state index contributed by atoms with van der Waals surface area (Å²) in [6.45, 7) is 3.89. The third-order valence-electron chi connectivity index (χ3n) is 4.99. The molecule has 2 aromatic carbocycles. The Balaban J connectivity index is 1.98. The molecule has 27 heavy (non-hydrogen) atoms. The molecule has 6 heteroatoms. The van der Waals surface area contributed by atoms with Gasteiger partial charge in [0.25, 0.3) is 0 Å². The van der Waals surface area contributed by atoms with E-state index in [0.29, 0.717) is 5.75 Å². The molecule has 0 saturated heterocycles. The molecule has 0 aliphatic carbocycles. The maximum Gasteiger partial charge on any atom is 0.180 e. The summed E-state index contributed by atoms with van der Waals surface area (Å²) in [5.41, 5.74) is 4.87. The Bertz CT molecular complexity index is 892. The van der Waals surface area contributed by atoms with Gasteiger partial charge in [0.05, 0.1) is 32.9 Å². The van der Waals surface area contributed by atoms with Gasteiger partial charge in [-0.2, -0.15) is 0 Å². The summed E-state index contributed by atoms with van der Waals surface area (Å²) in [7, 11) is 6.64. The Kier molecular flexibility index (Phi) is 5.95. The lowest BCUT2D eigenvalue weighted by molar-refractivity contribution is -0.545. The highest BCUT2D eigenvalue weighted by Crippen LogP contribution is 2.37. The number of ether oxygens (including phenoxy) is 4. The van der Waals surface area contributed by atoms with Crippen LogP contribution in [-0.4, -0.2) is 45.3 Å². The molecule has 0 saturated carbocycles. The quantitative estimate of drug-likeness (QED) is 0.642. The van der Waals surface area contributed by atoms with E-state index >= 15 is 0 Å². The maximum absolute atomic E-state index is 5.48. The van der Waals surface area contributed by atoms with Crippen LogP contribution >= 0.6 is 15.9 Å². The predicted molar refractivity (Wildman–Crippen MR) is 109 cm³/mol. The number of benzene rings is 2. The highest BCUT2D eigenvalue weighted by molar-refractivity contribution is 9.10. The molecule has 0 bridgehead atoms. The molecule has 5 nitrogen and oxygen atoms in total. The summed E-state index contributed by atoms with van der Waals surface area (Å²) < 4.78 is 25.1. The first-order valence-corrected chi connectivity index (χ1v) is 9.55. The molecule has 1 heterocycles. The van der Waals surface area contributed by atoms with Crippen molar-refractivity contribution in [2.75, 3.05) is 35.0 Å². The van der Waals surface area contributed by atoms with Crippen LogP contribution in [0.25, 0.3) is 0 Å². The van der Waals surface area contributed by atoms with E-state index in [1.54, 1.807) is 28.4 Å². The van der Waals surface area contributed by atoms with Crippen molar-refractivity contribution >= 4 is 21.6 Å². The molecule has 0 aromatic heterocycles. The predicted octanol–water partition coefficient (Wildman–Crippen LogP) is 4.06. The number of methoxy groups -OCH3 is 4. The molecular weight excluding hydrogens is 410 g/mol. The van der Waals surface area contributed by atoms with Crippen LogP contribution in [-0.2, 0) is 13.0 Å². The van der Waals surface area contributed by atoms with Crippen LogP contribution < -0.4 is 18.9 Å². The zero-order valence-corrected chi connectivity index (χ0v) is 18.0. The number of hydrogen-bond acceptors (Lipinski definition) is 4. The topological polar surface area (TPSA) is 39.9 Å². The molecule has 0 radical (unpaired) electrons. The summed E-state index contributed by atoms with van der Waals surface area (Å²) >= 11 is 3.58. The van der Waals surface area contributed by atoms with Gasteiger partial charge in [-0.25, -0.2) is 4.58 Å². The number of nitrogens with zero attached hydrogens (tertiary/aromatic N) is 1. The van der Waals surface area contributed by atoms with Crippen LogP contribution in [0.5, 0.6) is 23.0 Å². The van der Waals surface area contributed by atoms with Gasteiger partial charge in [0.1, 0.15) is 6.54 Å². The smallest absolute Gasteiger partial charge is 0.180 e. The van der Waals surface area contributed by atoms with Crippen LogP contribution in [0.1, 0.15) is 23.6 Å². The minimum absolute atomic E-state index is 0.711. The highest BCUT2D eigenvalue weighted by atomic mass is 79.9. The largest absolute Gasteiger partial charge is 0.493 e. The van der Waals surface area contributed by atoms with E-state index in [-0.39, 0.29) is 0 Å². The lowest BCUT2D eigenvalue weighted by Gasteiger charge is -2.19. The fraction of sp³-hybridized carbons (Fsp3) is 0.381. The van der Waals surface area contributed by atoms with E-state index in [1.165, 1.54) is 16.8 Å². The molecule has 0 N–H and O–H groups in total. The number of hydrogen-bond donors (Lipinski definition) is 0. The maximum atomic E-state index is 5.48. The summed E-state index contributed by atoms with van der Waals surface area (Å²) in [6.07, 6.45) is 0.960. The van der Waals surface area contributed by atoms with Gasteiger partial charge in [0, 0.05) is 24.5 Å². The van der Waals surface area contributed by atoms with Crippen molar-refractivity contribution in [2.45, 2.75) is 19.9 Å². The molecule has 3 rings (SSSR count). The average molecular weight is 435 g/mol. The van der Waals surface area contributed by atoms with E-state index in [9.17, 15) is 0 Å². The molecule has 2 aromatic rings. The standard InChI is InChI=1S/C21H25BrNO4/c1-13-16-11-19(25-3)18(24-2)10-15(16)6-7-23(13)12-14-8-17(22)21(27-5)20(9-14)26-4/h8-11H,6-7,12H2,1-5H3/q+1. The summed E-state index contributed by atoms with van der Waals surface area (Å²) in [6, 6.07) is 8.27. The monoisotopic (exact) mass is 434 g/mol. The zero-order valence-electron chi connectivity index (χ0n) is 16.4. The first kappa shape index (κ1) is 19.5. The van der Waals surface area contributed by atoms with E-state index < -0.39 is 0 Å². The first-order chi connectivity index (χ1) is 13.0. The third kappa shape index (κ3) is 3.76. The Morgan fingerprint density at radius 3 is 2.19 bits per heavy atom. The van der Waals surface area contributed by atoms with Crippen LogP contribution in [0.15, 0.2) is 28.7 Å². The highest BCUT2D eigenvalue weighted by Gasteiger charge is 2.25. The van der Waals surface area contributed by atoms with Gasteiger partial charge >= 0.3 is 0 Å². The average Bonchev–Trinajstić information content (AvgIpc) is 2.68. The molecular formula is C21H25BrNO4+. The minimum Gasteiger partial charge on any atom is -0.493 e. The SMILES string of the molecule is COc1cc2c(cc1OC)C(C)=[N+](Cc1cc(Br)c(OC)c(OC)c1)CC2. The Hall–Kier alpha value is -2.21. The van der Waals surface area contributed by atoms with Crippen molar-refractivity contribution < 1.29 is 23.5 Å². The minimum atomic E-state index is 0.711. The van der Waals surface area contributed by atoms with E-state index in [2.05, 4.69) is 45.6 Å². The van der Waals surface area contributed by atoms with Gasteiger partial charge in [-0.15, -0.1) is 0 Å². The molecule has 0 spiro atoms. The molecule has 0 unspecified atom stereocenters. The van der Waals surface area contributed by atoms with Crippen LogP contribution in [0.3, 0.4) is 0 Å². The third-order valence-corrected chi connectivity index (χ3v) is 5.58. The van der Waals surface area contributed by atoms with Crippen LogP contribution in [0.4, 0.5) is 0 Å². The van der Waals surface area contributed by atoms with Gasteiger partial charge < -0.3 is 18.9 Å². The van der Waals surface area contributed by atoms with E-state index in [0.717, 1.165) is 46.8 Å². The number of fused-ring (bicyclic) bond motifs is 1. The second-order valence-electron chi connectivity index (χ2n) is 6.43. The lowest BCUT2D eigenvalue weighted by atomic mass is 9.96. The van der Waals surface area contributed by atoms with Gasteiger partial charge in [0.15, 0.2) is 35.3 Å². The Morgan fingerprint density at radius 2 is 1.56 bits per heavy atom. The van der Waals surface area contributed by atoms with Crippen molar-refractivity contribution in [2.24, 2.45) is 0 Å². The fourth-order valence-electron chi connectivity index (χ4n) is 3.54. The van der Waals surface area contributed by atoms with Crippen molar-refractivity contribution in [3.8, 4) is 23.0 Å². The summed E-state index contributed by atoms with van der Waals surface area (Å²) in [5, 5.41) is 0. The Morgan fingerprint density at radius 1 is 0.889 bits per heavy atom. The van der Waals surface area contributed by atoms with Gasteiger partial charge in [-0.3, -0.25) is 0 Å². The van der Waals surface area contributed by atoms with Crippen LogP contribution in [0.2, 0.25) is 0 Å². The Labute approximate surface area is 168 Å². The molecule has 1 aliphatic heterocycles. The van der Waals surface area contributed by atoms with Gasteiger partial charge in [-0.05, 0) is 45.8 Å². The second-order valence-corrected chi connectivity index (χ2v) is 7.29. The summed E-state index contributed by atoms with van der Waals surface area (Å²) in [4.78, 5) is 0. The second kappa shape index (κ2) is 8.21. The normalized spacial score (nSPS) is 13.3. The van der Waals surface area contributed by atoms with Crippen molar-refractivity contribution in [3.63, 3.8) is 0 Å². The molecule has 0 amide bonds. The molecule has 0 fully saturated rings. The van der Waals surface area contributed by atoms with Crippen molar-refractivity contribution in [3.05, 3.63) is 45.4 Å². The lowest BCUT2D eigenvalue weighted by Crippen LogP contribution is -2.28. The van der Waals surface area contributed by atoms with E-state index in [4.69, 9.17) is 18.9 Å². The van der Waals surface area contributed by atoms with Crippen LogP contribution in [0, 0.1) is 0 Å². The van der Waals surface area contributed by atoms with Crippen molar-refractivity contribution in [1.82, 2.24) is 0 Å². The fourth-order valence-corrected chi connectivity index (χ4v) is 4.19. The molecule has 1 aliphatic rings. The first-order valence-electron chi connectivity index (χ1n) is 8.76.